The molecule has 0 atom stereocenters. The zero-order chi connectivity index (χ0) is 16.8. The molecule has 0 aliphatic carbocycles. The summed E-state index contributed by atoms with van der Waals surface area (Å²) in [7, 11) is 0. The van der Waals surface area contributed by atoms with Gasteiger partial charge in [-0.3, -0.25) is 9.36 Å². The van der Waals surface area contributed by atoms with Gasteiger partial charge in [0.15, 0.2) is 6.29 Å². The Balaban J connectivity index is 2.01. The zero-order valence-electron chi connectivity index (χ0n) is 11.9. The molecule has 0 bridgehead atoms. The molecular formula is C15H14ClN3O4. The molecule has 1 amide bonds. The number of hydrogen-bond acceptors (Lipinski definition) is 5. The number of carbonyl (C=O) groups is 1. The van der Waals surface area contributed by atoms with Crippen molar-refractivity contribution in [1.82, 2.24) is 9.55 Å². The molecule has 0 radical (unpaired) electrons. The molecule has 0 spiro atoms. The van der Waals surface area contributed by atoms with Crippen LogP contribution < -0.4 is 11.0 Å². The molecular weight excluding hydrogens is 322 g/mol. The third kappa shape index (κ3) is 5.33. The highest BCUT2D eigenvalue weighted by Crippen LogP contribution is 2.10. The number of anilines is 1. The maximum atomic E-state index is 11.8. The summed E-state index contributed by atoms with van der Waals surface area (Å²) in [4.78, 5) is 27.0. The van der Waals surface area contributed by atoms with Crippen molar-refractivity contribution < 1.29 is 15.0 Å². The minimum Gasteiger partial charge on any atom is -0.367 e. The third-order valence-electron chi connectivity index (χ3n) is 2.78. The maximum absolute atomic E-state index is 11.8. The number of hydrogen-bond donors (Lipinski definition) is 3. The number of aliphatic hydroxyl groups excluding tert-OH is 1. The molecule has 1 aromatic heterocycles. The van der Waals surface area contributed by atoms with Gasteiger partial charge in [0.2, 0.25) is 5.91 Å². The lowest BCUT2D eigenvalue weighted by molar-refractivity contribution is -0.111. The van der Waals surface area contributed by atoms with Crippen LogP contribution in [-0.2, 0) is 11.3 Å². The number of amides is 1. The highest BCUT2D eigenvalue weighted by atomic mass is 35.5. The first kappa shape index (κ1) is 16.9. The first-order chi connectivity index (χ1) is 10.9. The van der Waals surface area contributed by atoms with Crippen LogP contribution in [0.25, 0.3) is 6.08 Å². The summed E-state index contributed by atoms with van der Waals surface area (Å²) in [5.74, 6) is -0.378. The van der Waals surface area contributed by atoms with E-state index in [2.05, 4.69) is 10.3 Å². The van der Waals surface area contributed by atoms with Crippen molar-refractivity contribution in [1.29, 1.82) is 0 Å². The quantitative estimate of drug-likeness (QED) is 0.555. The number of benzene rings is 1. The molecule has 1 aromatic carbocycles. The van der Waals surface area contributed by atoms with Crippen LogP contribution in [0.4, 0.5) is 5.82 Å². The van der Waals surface area contributed by atoms with E-state index in [-0.39, 0.29) is 12.4 Å². The lowest BCUT2D eigenvalue weighted by Gasteiger charge is -2.07. The van der Waals surface area contributed by atoms with Crippen LogP contribution in [0.1, 0.15) is 5.56 Å². The van der Waals surface area contributed by atoms with E-state index in [1.54, 1.807) is 30.3 Å². The van der Waals surface area contributed by atoms with E-state index in [1.165, 1.54) is 18.3 Å². The monoisotopic (exact) mass is 335 g/mol. The molecule has 0 aliphatic rings. The largest absolute Gasteiger partial charge is 0.367 e. The summed E-state index contributed by atoms with van der Waals surface area (Å²) in [6.45, 7) is -0.295. The van der Waals surface area contributed by atoms with Crippen molar-refractivity contribution in [2.45, 2.75) is 12.8 Å². The molecule has 120 valence electrons. The predicted molar refractivity (Wildman–Crippen MR) is 85.8 cm³/mol. The van der Waals surface area contributed by atoms with Gasteiger partial charge >= 0.3 is 5.69 Å². The van der Waals surface area contributed by atoms with E-state index in [0.717, 1.165) is 10.1 Å². The highest BCUT2D eigenvalue weighted by molar-refractivity contribution is 6.30. The van der Waals surface area contributed by atoms with Crippen LogP contribution in [0.3, 0.4) is 0 Å². The Hall–Kier alpha value is -2.48. The highest BCUT2D eigenvalue weighted by Gasteiger charge is 2.05. The van der Waals surface area contributed by atoms with Gasteiger partial charge in [-0.2, -0.15) is 4.98 Å². The van der Waals surface area contributed by atoms with Gasteiger partial charge in [-0.05, 0) is 29.8 Å². The van der Waals surface area contributed by atoms with Crippen molar-refractivity contribution in [2.75, 3.05) is 5.32 Å². The van der Waals surface area contributed by atoms with Crippen LogP contribution in [0.5, 0.6) is 0 Å². The summed E-state index contributed by atoms with van der Waals surface area (Å²) < 4.78 is 1.02. The second-order valence-electron chi connectivity index (χ2n) is 4.60. The van der Waals surface area contributed by atoms with E-state index in [0.29, 0.717) is 5.02 Å². The second-order valence-corrected chi connectivity index (χ2v) is 5.04. The number of nitrogens with one attached hydrogen (secondary N) is 1. The molecule has 0 saturated heterocycles. The SMILES string of the molecule is O=C(C=Cc1ccc(Cl)cc1)Nc1ccn(CC(O)O)c(=O)n1. The van der Waals surface area contributed by atoms with Crippen LogP contribution in [0.15, 0.2) is 47.4 Å². The normalized spacial score (nSPS) is 11.1. The Kier molecular flexibility index (Phi) is 5.64. The summed E-state index contributed by atoms with van der Waals surface area (Å²) >= 11 is 5.77. The zero-order valence-corrected chi connectivity index (χ0v) is 12.6. The molecule has 3 N–H and O–H groups in total. The molecule has 23 heavy (non-hydrogen) atoms. The smallest absolute Gasteiger partial charge is 0.349 e. The van der Waals surface area contributed by atoms with E-state index in [4.69, 9.17) is 21.8 Å². The number of aromatic nitrogens is 2. The van der Waals surface area contributed by atoms with Gasteiger partial charge in [0, 0.05) is 17.3 Å². The third-order valence-corrected chi connectivity index (χ3v) is 3.03. The predicted octanol–water partition coefficient (Wildman–Crippen LogP) is 0.859. The molecule has 0 saturated carbocycles. The summed E-state index contributed by atoms with van der Waals surface area (Å²) in [6.07, 6.45) is 2.55. The van der Waals surface area contributed by atoms with Gasteiger partial charge in [-0.1, -0.05) is 23.7 Å². The van der Waals surface area contributed by atoms with Crippen LogP contribution in [-0.4, -0.2) is 32.0 Å². The summed E-state index contributed by atoms with van der Waals surface area (Å²) in [6, 6.07) is 8.31. The summed E-state index contributed by atoms with van der Waals surface area (Å²) in [5.41, 5.74) is 0.0995. The van der Waals surface area contributed by atoms with Crippen LogP contribution in [0, 0.1) is 0 Å². The molecule has 2 aromatic rings. The van der Waals surface area contributed by atoms with E-state index >= 15 is 0 Å². The van der Waals surface area contributed by atoms with Crippen molar-refractivity contribution in [3.8, 4) is 0 Å². The second kappa shape index (κ2) is 7.68. The van der Waals surface area contributed by atoms with Crippen LogP contribution >= 0.6 is 11.6 Å². The van der Waals surface area contributed by atoms with Crippen molar-refractivity contribution in [2.24, 2.45) is 0 Å². The van der Waals surface area contributed by atoms with Gasteiger partial charge in [0.25, 0.3) is 0 Å². The van der Waals surface area contributed by atoms with E-state index < -0.39 is 17.9 Å². The van der Waals surface area contributed by atoms with Gasteiger partial charge in [-0.15, -0.1) is 0 Å². The Morgan fingerprint density at radius 3 is 2.61 bits per heavy atom. The van der Waals surface area contributed by atoms with E-state index in [1.807, 2.05) is 0 Å². The Morgan fingerprint density at radius 2 is 2.00 bits per heavy atom. The minimum absolute atomic E-state index is 0.0736. The number of carbonyl (C=O) groups excluding carboxylic acids is 1. The van der Waals surface area contributed by atoms with E-state index in [9.17, 15) is 9.59 Å². The number of rotatable bonds is 5. The molecule has 1 heterocycles. The Labute approximate surface area is 136 Å². The Bertz CT molecular complexity index is 769. The molecule has 0 unspecified atom stereocenters. The molecule has 0 aliphatic heterocycles. The lowest BCUT2D eigenvalue weighted by atomic mass is 10.2. The lowest BCUT2D eigenvalue weighted by Crippen LogP contribution is -2.28. The number of nitrogens with zero attached hydrogens (tertiary/aromatic N) is 2. The topological polar surface area (TPSA) is 104 Å². The van der Waals surface area contributed by atoms with Crippen molar-refractivity contribution in [3.63, 3.8) is 0 Å². The standard InChI is InChI=1S/C15H14ClN3O4/c16-11-4-1-10(2-5-11)3-6-13(20)17-12-7-8-19(9-14(21)22)15(23)18-12/h1-8,14,21-22H,9H2,(H,17,18,20,23). The van der Waals surface area contributed by atoms with Gasteiger partial charge in [0.1, 0.15) is 5.82 Å². The average molecular weight is 336 g/mol. The Morgan fingerprint density at radius 1 is 1.30 bits per heavy atom. The van der Waals surface area contributed by atoms with Crippen LogP contribution in [0.2, 0.25) is 5.02 Å². The minimum atomic E-state index is -1.66. The van der Waals surface area contributed by atoms with Gasteiger partial charge in [0.05, 0.1) is 6.54 Å². The van der Waals surface area contributed by atoms with Gasteiger partial charge in [-0.25, -0.2) is 4.79 Å². The fourth-order valence-corrected chi connectivity index (χ4v) is 1.85. The molecule has 7 nitrogen and oxygen atoms in total. The maximum Gasteiger partial charge on any atom is 0.349 e. The van der Waals surface area contributed by atoms with Crippen molar-refractivity contribution >= 4 is 29.4 Å². The summed E-state index contributed by atoms with van der Waals surface area (Å²) in [5, 5.41) is 20.7. The number of aliphatic hydroxyl groups is 2. The van der Waals surface area contributed by atoms with Gasteiger partial charge < -0.3 is 15.5 Å². The first-order valence-corrected chi connectivity index (χ1v) is 7.00. The number of halogens is 1. The molecule has 0 fully saturated rings. The molecule has 2 rings (SSSR count). The fraction of sp³-hybridized carbons (Fsp3) is 0.133. The first-order valence-electron chi connectivity index (χ1n) is 6.62. The average Bonchev–Trinajstić information content (AvgIpc) is 2.49. The van der Waals surface area contributed by atoms with Crippen molar-refractivity contribution in [3.05, 3.63) is 63.7 Å². The molecule has 8 heteroatoms. The fourth-order valence-electron chi connectivity index (χ4n) is 1.73.